The lowest BCUT2D eigenvalue weighted by Crippen LogP contribution is -2.32. The summed E-state index contributed by atoms with van der Waals surface area (Å²) in [5.74, 6) is 1.81. The number of rotatable bonds is 8. The van der Waals surface area contributed by atoms with Gasteiger partial charge >= 0.3 is 0 Å². The van der Waals surface area contributed by atoms with Gasteiger partial charge in [-0.05, 0) is 31.4 Å². The van der Waals surface area contributed by atoms with Gasteiger partial charge < -0.3 is 14.4 Å². The lowest BCUT2D eigenvalue weighted by atomic mass is 10.1. The third-order valence-electron chi connectivity index (χ3n) is 3.89. The highest BCUT2D eigenvalue weighted by Gasteiger charge is 2.32. The first-order valence-corrected chi connectivity index (χ1v) is 7.70. The molecule has 0 atom stereocenters. The zero-order valence-corrected chi connectivity index (χ0v) is 13.2. The molecular formula is C17H25NO3. The molecule has 21 heavy (non-hydrogen) atoms. The van der Waals surface area contributed by atoms with Gasteiger partial charge in [0.15, 0.2) is 0 Å². The standard InChI is InChI=1S/C17H25NO3/c1-4-5-6-17(19)18(14-8-9-14)12-13-7-10-15(20-2)11-16(13)21-3/h7,10-11,14H,4-6,8-9,12H2,1-3H3. The van der Waals surface area contributed by atoms with E-state index in [0.29, 0.717) is 19.0 Å². The molecule has 1 saturated carbocycles. The predicted molar refractivity (Wildman–Crippen MR) is 82.6 cm³/mol. The lowest BCUT2D eigenvalue weighted by Gasteiger charge is -2.24. The normalized spacial score (nSPS) is 13.9. The predicted octanol–water partition coefficient (Wildman–Crippen LogP) is 3.39. The van der Waals surface area contributed by atoms with E-state index < -0.39 is 0 Å². The van der Waals surface area contributed by atoms with Crippen LogP contribution in [-0.2, 0) is 11.3 Å². The van der Waals surface area contributed by atoms with Crippen molar-refractivity contribution in [2.24, 2.45) is 0 Å². The molecule has 1 aromatic carbocycles. The highest BCUT2D eigenvalue weighted by molar-refractivity contribution is 5.77. The van der Waals surface area contributed by atoms with Crippen LogP contribution in [0.5, 0.6) is 11.5 Å². The minimum absolute atomic E-state index is 0.261. The highest BCUT2D eigenvalue weighted by Crippen LogP contribution is 2.32. The minimum atomic E-state index is 0.261. The van der Waals surface area contributed by atoms with E-state index in [1.807, 2.05) is 23.1 Å². The second kappa shape index (κ2) is 7.34. The Morgan fingerprint density at radius 1 is 1.29 bits per heavy atom. The molecule has 0 N–H and O–H groups in total. The van der Waals surface area contributed by atoms with Gasteiger partial charge in [0.25, 0.3) is 0 Å². The van der Waals surface area contributed by atoms with E-state index in [1.165, 1.54) is 0 Å². The summed E-state index contributed by atoms with van der Waals surface area (Å²) < 4.78 is 10.6. The average molecular weight is 291 g/mol. The molecular weight excluding hydrogens is 266 g/mol. The van der Waals surface area contributed by atoms with E-state index in [4.69, 9.17) is 9.47 Å². The van der Waals surface area contributed by atoms with Crippen LogP contribution in [0.25, 0.3) is 0 Å². The molecule has 4 heteroatoms. The van der Waals surface area contributed by atoms with Crippen LogP contribution in [0.3, 0.4) is 0 Å². The van der Waals surface area contributed by atoms with Gasteiger partial charge in [-0.15, -0.1) is 0 Å². The number of hydrogen-bond acceptors (Lipinski definition) is 3. The summed E-state index contributed by atoms with van der Waals surface area (Å²) in [5.41, 5.74) is 1.04. The first-order chi connectivity index (χ1) is 10.2. The maximum Gasteiger partial charge on any atom is 0.223 e. The van der Waals surface area contributed by atoms with E-state index in [9.17, 15) is 4.79 Å². The third kappa shape index (κ3) is 4.13. The van der Waals surface area contributed by atoms with E-state index in [-0.39, 0.29) is 5.91 Å². The van der Waals surface area contributed by atoms with Crippen molar-refractivity contribution in [2.45, 2.75) is 51.6 Å². The van der Waals surface area contributed by atoms with Gasteiger partial charge in [0.05, 0.1) is 14.2 Å². The Bertz CT molecular complexity index is 483. The lowest BCUT2D eigenvalue weighted by molar-refractivity contribution is -0.132. The van der Waals surface area contributed by atoms with E-state index in [1.54, 1.807) is 14.2 Å². The van der Waals surface area contributed by atoms with Crippen molar-refractivity contribution in [3.05, 3.63) is 23.8 Å². The number of carbonyl (C=O) groups excluding carboxylic acids is 1. The van der Waals surface area contributed by atoms with Crippen LogP contribution in [0.1, 0.15) is 44.6 Å². The maximum absolute atomic E-state index is 12.4. The molecule has 0 aromatic heterocycles. The Kier molecular flexibility index (Phi) is 5.48. The van der Waals surface area contributed by atoms with Crippen LogP contribution in [0, 0.1) is 0 Å². The van der Waals surface area contributed by atoms with Crippen LogP contribution in [-0.4, -0.2) is 31.1 Å². The maximum atomic E-state index is 12.4. The Morgan fingerprint density at radius 2 is 2.05 bits per heavy atom. The van der Waals surface area contributed by atoms with Crippen LogP contribution in [0.4, 0.5) is 0 Å². The number of nitrogens with zero attached hydrogens (tertiary/aromatic N) is 1. The van der Waals surface area contributed by atoms with Gasteiger partial charge in [0.1, 0.15) is 11.5 Å². The summed E-state index contributed by atoms with van der Waals surface area (Å²) in [6.07, 6.45) is 4.90. The van der Waals surface area contributed by atoms with Crippen molar-refractivity contribution in [1.82, 2.24) is 4.90 Å². The summed E-state index contributed by atoms with van der Waals surface area (Å²) >= 11 is 0. The number of carbonyl (C=O) groups is 1. The van der Waals surface area contributed by atoms with Crippen LogP contribution in [0.15, 0.2) is 18.2 Å². The largest absolute Gasteiger partial charge is 0.497 e. The van der Waals surface area contributed by atoms with E-state index in [2.05, 4.69) is 6.92 Å². The molecule has 0 heterocycles. The summed E-state index contributed by atoms with van der Waals surface area (Å²) in [7, 11) is 3.29. The summed E-state index contributed by atoms with van der Waals surface area (Å²) in [6.45, 7) is 2.74. The van der Waals surface area contributed by atoms with Crippen LogP contribution in [0.2, 0.25) is 0 Å². The molecule has 1 aromatic rings. The molecule has 0 saturated heterocycles. The quantitative estimate of drug-likeness (QED) is 0.737. The van der Waals surface area contributed by atoms with Crippen molar-refractivity contribution in [3.63, 3.8) is 0 Å². The van der Waals surface area contributed by atoms with Crippen LogP contribution >= 0.6 is 0 Å². The third-order valence-corrected chi connectivity index (χ3v) is 3.89. The number of unbranched alkanes of at least 4 members (excludes halogenated alkanes) is 1. The molecule has 0 unspecified atom stereocenters. The highest BCUT2D eigenvalue weighted by atomic mass is 16.5. The van der Waals surface area contributed by atoms with Gasteiger partial charge in [-0.1, -0.05) is 13.3 Å². The molecule has 4 nitrogen and oxygen atoms in total. The molecule has 0 radical (unpaired) electrons. The Labute approximate surface area is 127 Å². The number of methoxy groups -OCH3 is 2. The van der Waals surface area contributed by atoms with Gasteiger partial charge in [-0.2, -0.15) is 0 Å². The fourth-order valence-corrected chi connectivity index (χ4v) is 2.44. The zero-order valence-electron chi connectivity index (χ0n) is 13.2. The first-order valence-electron chi connectivity index (χ1n) is 7.70. The SMILES string of the molecule is CCCCC(=O)N(Cc1ccc(OC)cc1OC)C1CC1. The Morgan fingerprint density at radius 3 is 2.62 bits per heavy atom. The average Bonchev–Trinajstić information content (AvgIpc) is 3.34. The smallest absolute Gasteiger partial charge is 0.223 e. The second-order valence-electron chi connectivity index (χ2n) is 5.53. The van der Waals surface area contributed by atoms with Gasteiger partial charge in [0, 0.05) is 30.6 Å². The fraction of sp³-hybridized carbons (Fsp3) is 0.588. The number of ether oxygens (including phenoxy) is 2. The van der Waals surface area contributed by atoms with Crippen molar-refractivity contribution in [3.8, 4) is 11.5 Å². The molecule has 2 rings (SSSR count). The minimum Gasteiger partial charge on any atom is -0.497 e. The monoisotopic (exact) mass is 291 g/mol. The summed E-state index contributed by atoms with van der Waals surface area (Å²) in [6, 6.07) is 6.19. The second-order valence-corrected chi connectivity index (χ2v) is 5.53. The first kappa shape index (κ1) is 15.7. The topological polar surface area (TPSA) is 38.8 Å². The van der Waals surface area contributed by atoms with Crippen LogP contribution < -0.4 is 9.47 Å². The number of benzene rings is 1. The Balaban J connectivity index is 2.11. The Hall–Kier alpha value is -1.71. The molecule has 1 aliphatic rings. The van der Waals surface area contributed by atoms with Crippen molar-refractivity contribution < 1.29 is 14.3 Å². The fourth-order valence-electron chi connectivity index (χ4n) is 2.44. The molecule has 1 fully saturated rings. The molecule has 0 bridgehead atoms. The molecule has 116 valence electrons. The summed E-state index contributed by atoms with van der Waals surface area (Å²) in [5, 5.41) is 0. The van der Waals surface area contributed by atoms with Crippen molar-refractivity contribution in [1.29, 1.82) is 0 Å². The van der Waals surface area contributed by atoms with Gasteiger partial charge in [-0.25, -0.2) is 0 Å². The molecule has 1 aliphatic carbocycles. The molecule has 0 spiro atoms. The van der Waals surface area contributed by atoms with E-state index >= 15 is 0 Å². The van der Waals surface area contributed by atoms with Crippen molar-refractivity contribution in [2.75, 3.05) is 14.2 Å². The number of amides is 1. The van der Waals surface area contributed by atoms with Gasteiger partial charge in [0.2, 0.25) is 5.91 Å². The number of hydrogen-bond donors (Lipinski definition) is 0. The zero-order chi connectivity index (χ0) is 15.2. The van der Waals surface area contributed by atoms with Gasteiger partial charge in [-0.3, -0.25) is 4.79 Å². The molecule has 1 amide bonds. The van der Waals surface area contributed by atoms with Crippen molar-refractivity contribution >= 4 is 5.91 Å². The van der Waals surface area contributed by atoms with E-state index in [0.717, 1.165) is 42.7 Å². The summed E-state index contributed by atoms with van der Waals surface area (Å²) in [4.78, 5) is 14.4. The molecule has 0 aliphatic heterocycles.